The first-order chi connectivity index (χ1) is 9.97. The average Bonchev–Trinajstić information content (AvgIpc) is 2.70. The highest BCUT2D eigenvalue weighted by Crippen LogP contribution is 2.33. The minimum atomic E-state index is -0.152. The molecule has 2 N–H and O–H groups in total. The van der Waals surface area contributed by atoms with Crippen LogP contribution in [0.15, 0.2) is 22.3 Å². The molecule has 1 aromatic rings. The molecule has 0 aromatic heterocycles. The number of aromatic hydroxyl groups is 1. The van der Waals surface area contributed by atoms with Crippen molar-refractivity contribution in [1.29, 1.82) is 0 Å². The molecule has 1 heterocycles. The van der Waals surface area contributed by atoms with E-state index in [1.165, 1.54) is 18.1 Å². The van der Waals surface area contributed by atoms with Gasteiger partial charge in [0.1, 0.15) is 5.70 Å². The number of carbonyl (C=O) groups excluding carboxylic acids is 1. The van der Waals surface area contributed by atoms with Gasteiger partial charge in [-0.15, -0.1) is 0 Å². The summed E-state index contributed by atoms with van der Waals surface area (Å²) in [5.41, 5.74) is 1.11. The molecule has 21 heavy (non-hydrogen) atoms. The molecule has 0 saturated carbocycles. The lowest BCUT2D eigenvalue weighted by Gasteiger charge is -2.11. The topological polar surface area (TPSA) is 61.8 Å². The molecule has 1 saturated heterocycles. The monoisotopic (exact) mass is 370 g/mol. The first-order valence-corrected chi connectivity index (χ1v) is 7.59. The van der Waals surface area contributed by atoms with Crippen molar-refractivity contribution < 1.29 is 14.6 Å². The number of carbonyl (C=O) groups is 1. The standard InChI is InChI=1S/C14H15BrN2O3S/c1-3-4-17-13(19)10(16-14(17)21)5-8-6-12(20-2)11(18)7-9(8)15/h5-7,18H,3-4H2,1-2H3,(H,16,21). The van der Waals surface area contributed by atoms with E-state index in [4.69, 9.17) is 17.0 Å². The highest BCUT2D eigenvalue weighted by Gasteiger charge is 2.29. The predicted octanol–water partition coefficient (Wildman–Crippen LogP) is 2.63. The molecule has 1 aliphatic rings. The molecule has 0 unspecified atom stereocenters. The number of rotatable bonds is 4. The van der Waals surface area contributed by atoms with Gasteiger partial charge in [-0.05, 0) is 42.4 Å². The molecule has 0 aliphatic carbocycles. The van der Waals surface area contributed by atoms with Crippen molar-refractivity contribution in [2.45, 2.75) is 13.3 Å². The second-order valence-corrected chi connectivity index (χ2v) is 5.73. The molecule has 7 heteroatoms. The molecular formula is C14H15BrN2O3S. The summed E-state index contributed by atoms with van der Waals surface area (Å²) >= 11 is 8.51. The lowest BCUT2D eigenvalue weighted by Crippen LogP contribution is -2.31. The van der Waals surface area contributed by atoms with Gasteiger partial charge in [-0.2, -0.15) is 0 Å². The van der Waals surface area contributed by atoms with Crippen LogP contribution in [0.4, 0.5) is 0 Å². The number of hydrogen-bond acceptors (Lipinski definition) is 4. The zero-order valence-electron chi connectivity index (χ0n) is 11.6. The minimum Gasteiger partial charge on any atom is -0.504 e. The smallest absolute Gasteiger partial charge is 0.276 e. The number of phenols is 1. The first-order valence-electron chi connectivity index (χ1n) is 6.39. The van der Waals surface area contributed by atoms with Crippen LogP contribution in [0, 0.1) is 0 Å². The Morgan fingerprint density at radius 1 is 1.52 bits per heavy atom. The van der Waals surface area contributed by atoms with E-state index >= 15 is 0 Å². The van der Waals surface area contributed by atoms with Crippen molar-refractivity contribution in [1.82, 2.24) is 10.2 Å². The Balaban J connectivity index is 2.37. The van der Waals surface area contributed by atoms with Crippen molar-refractivity contribution in [3.05, 3.63) is 27.9 Å². The summed E-state index contributed by atoms with van der Waals surface area (Å²) in [7, 11) is 1.47. The number of ether oxygens (including phenoxy) is 1. The maximum Gasteiger partial charge on any atom is 0.276 e. The Bertz CT molecular complexity index is 631. The van der Waals surface area contributed by atoms with Crippen molar-refractivity contribution in [3.8, 4) is 11.5 Å². The lowest BCUT2D eigenvalue weighted by molar-refractivity contribution is -0.122. The van der Waals surface area contributed by atoms with Gasteiger partial charge in [-0.25, -0.2) is 0 Å². The summed E-state index contributed by atoms with van der Waals surface area (Å²) in [5, 5.41) is 13.0. The fraction of sp³-hybridized carbons (Fsp3) is 0.286. The van der Waals surface area contributed by atoms with Crippen LogP contribution >= 0.6 is 28.1 Å². The molecule has 0 radical (unpaired) electrons. The van der Waals surface area contributed by atoms with Gasteiger partial charge in [0.05, 0.1) is 7.11 Å². The molecule has 0 bridgehead atoms. The van der Waals surface area contributed by atoms with Crippen molar-refractivity contribution in [2.75, 3.05) is 13.7 Å². The summed E-state index contributed by atoms with van der Waals surface area (Å²) in [6.07, 6.45) is 2.51. The quantitative estimate of drug-likeness (QED) is 0.630. The molecule has 0 atom stereocenters. The fourth-order valence-corrected chi connectivity index (χ4v) is 2.72. The number of phenolic OH excluding ortho intramolecular Hbond substituents is 1. The summed E-state index contributed by atoms with van der Waals surface area (Å²) in [6, 6.07) is 3.17. The third-order valence-corrected chi connectivity index (χ3v) is 4.02. The van der Waals surface area contributed by atoms with Crippen molar-refractivity contribution >= 4 is 45.2 Å². The normalized spacial score (nSPS) is 16.5. The van der Waals surface area contributed by atoms with Crippen LogP contribution < -0.4 is 10.1 Å². The minimum absolute atomic E-state index is 0.0281. The van der Waals surface area contributed by atoms with E-state index in [-0.39, 0.29) is 11.7 Å². The van der Waals surface area contributed by atoms with Gasteiger partial charge in [0.15, 0.2) is 16.6 Å². The molecule has 0 spiro atoms. The van der Waals surface area contributed by atoms with Gasteiger partial charge in [0.2, 0.25) is 0 Å². The second kappa shape index (κ2) is 6.44. The summed E-state index contributed by atoms with van der Waals surface area (Å²) < 4.78 is 5.73. The molecule has 2 rings (SSSR count). The largest absolute Gasteiger partial charge is 0.504 e. The van der Waals surface area contributed by atoms with Gasteiger partial charge >= 0.3 is 0 Å². The number of nitrogens with zero attached hydrogens (tertiary/aromatic N) is 1. The van der Waals surface area contributed by atoms with Crippen LogP contribution in [-0.2, 0) is 4.79 Å². The molecule has 112 valence electrons. The Hall–Kier alpha value is -1.60. The fourth-order valence-electron chi connectivity index (χ4n) is 1.99. The van der Waals surface area contributed by atoms with Crippen molar-refractivity contribution in [2.24, 2.45) is 0 Å². The second-order valence-electron chi connectivity index (χ2n) is 4.49. The van der Waals surface area contributed by atoms with Gasteiger partial charge in [-0.3, -0.25) is 9.69 Å². The summed E-state index contributed by atoms with van der Waals surface area (Å²) in [4.78, 5) is 13.8. The summed E-state index contributed by atoms with van der Waals surface area (Å²) in [5.74, 6) is 0.213. The predicted molar refractivity (Wildman–Crippen MR) is 88.1 cm³/mol. The number of nitrogens with one attached hydrogen (secondary N) is 1. The van der Waals surface area contributed by atoms with Gasteiger partial charge in [0.25, 0.3) is 5.91 Å². The van der Waals surface area contributed by atoms with E-state index < -0.39 is 0 Å². The average molecular weight is 371 g/mol. The zero-order chi connectivity index (χ0) is 15.6. The third kappa shape index (κ3) is 3.19. The lowest BCUT2D eigenvalue weighted by atomic mass is 10.1. The van der Waals surface area contributed by atoms with Gasteiger partial charge in [-0.1, -0.05) is 22.9 Å². The molecule has 1 amide bonds. The van der Waals surface area contributed by atoms with E-state index in [1.54, 1.807) is 12.1 Å². The molecular weight excluding hydrogens is 356 g/mol. The maximum absolute atomic E-state index is 12.3. The molecule has 1 aliphatic heterocycles. The van der Waals surface area contributed by atoms with Gasteiger partial charge < -0.3 is 15.2 Å². The molecule has 1 aromatic carbocycles. The highest BCUT2D eigenvalue weighted by atomic mass is 79.9. The van der Waals surface area contributed by atoms with E-state index in [1.807, 2.05) is 6.92 Å². The molecule has 1 fully saturated rings. The van der Waals surface area contributed by atoms with Crippen LogP contribution in [0.3, 0.4) is 0 Å². The Morgan fingerprint density at radius 3 is 2.86 bits per heavy atom. The maximum atomic E-state index is 12.3. The highest BCUT2D eigenvalue weighted by molar-refractivity contribution is 9.10. The first kappa shape index (κ1) is 15.8. The molecule has 5 nitrogen and oxygen atoms in total. The third-order valence-electron chi connectivity index (χ3n) is 3.01. The number of amides is 1. The van der Waals surface area contributed by atoms with E-state index in [9.17, 15) is 9.90 Å². The van der Waals surface area contributed by atoms with Crippen LogP contribution in [-0.4, -0.2) is 34.7 Å². The Morgan fingerprint density at radius 2 is 2.24 bits per heavy atom. The SMILES string of the molecule is CCCN1C(=O)C(=Cc2cc(OC)c(O)cc2Br)NC1=S. The Kier molecular flexibility index (Phi) is 4.84. The number of hydrogen-bond donors (Lipinski definition) is 2. The number of thiocarbonyl (C=S) groups is 1. The number of halogens is 1. The van der Waals surface area contributed by atoms with Gasteiger partial charge in [0, 0.05) is 11.0 Å². The van der Waals surface area contributed by atoms with E-state index in [0.717, 1.165) is 6.42 Å². The van der Waals surface area contributed by atoms with Crippen LogP contribution in [0.5, 0.6) is 11.5 Å². The van der Waals surface area contributed by atoms with Crippen LogP contribution in [0.1, 0.15) is 18.9 Å². The van der Waals surface area contributed by atoms with Crippen molar-refractivity contribution in [3.63, 3.8) is 0 Å². The van der Waals surface area contributed by atoms with E-state index in [0.29, 0.717) is 33.1 Å². The number of benzene rings is 1. The zero-order valence-corrected chi connectivity index (χ0v) is 14.0. The van der Waals surface area contributed by atoms with E-state index in [2.05, 4.69) is 21.2 Å². The number of methoxy groups -OCH3 is 1. The van der Waals surface area contributed by atoms with Crippen LogP contribution in [0.25, 0.3) is 6.08 Å². The Labute approximate surface area is 136 Å². The summed E-state index contributed by atoms with van der Waals surface area (Å²) in [6.45, 7) is 2.57. The van der Waals surface area contributed by atoms with Crippen LogP contribution in [0.2, 0.25) is 0 Å².